The van der Waals surface area contributed by atoms with Crippen molar-refractivity contribution in [3.05, 3.63) is 51.4 Å². The molecule has 18 heavy (non-hydrogen) atoms. The molecule has 2 aromatic heterocycles. The van der Waals surface area contributed by atoms with E-state index >= 15 is 0 Å². The third kappa shape index (κ3) is 3.32. The number of nitrogens with one attached hydrogen (secondary N) is 1. The predicted octanol–water partition coefficient (Wildman–Crippen LogP) is 3.88. The molecule has 0 aliphatic rings. The van der Waals surface area contributed by atoms with Crippen LogP contribution in [0.5, 0.6) is 0 Å². The molecule has 2 heterocycles. The lowest BCUT2D eigenvalue weighted by molar-refractivity contribution is 1.22. The summed E-state index contributed by atoms with van der Waals surface area (Å²) in [7, 11) is 0. The molecule has 0 atom stereocenters. The molecule has 0 spiro atoms. The summed E-state index contributed by atoms with van der Waals surface area (Å²) in [5, 5.41) is 4.75. The highest BCUT2D eigenvalue weighted by atomic mass is 35.5. The minimum Gasteiger partial charge on any atom is -0.260 e. The molecule has 0 amide bonds. The van der Waals surface area contributed by atoms with E-state index in [1.54, 1.807) is 12.4 Å². The van der Waals surface area contributed by atoms with Crippen molar-refractivity contribution < 1.29 is 0 Å². The van der Waals surface area contributed by atoms with Crippen LogP contribution in [0.3, 0.4) is 0 Å². The lowest BCUT2D eigenvalue weighted by Gasteiger charge is -2.03. The Bertz CT molecular complexity index is 572. The molecule has 0 bridgehead atoms. The quantitative estimate of drug-likeness (QED) is 0.532. The Labute approximate surface area is 119 Å². The van der Waals surface area contributed by atoms with E-state index in [0.29, 0.717) is 21.6 Å². The van der Waals surface area contributed by atoms with Gasteiger partial charge in [0.05, 0.1) is 22.0 Å². The first-order chi connectivity index (χ1) is 8.66. The molecule has 4 nitrogen and oxygen atoms in total. The van der Waals surface area contributed by atoms with Crippen molar-refractivity contribution in [2.24, 2.45) is 5.10 Å². The van der Waals surface area contributed by atoms with Gasteiger partial charge in [0, 0.05) is 6.20 Å². The van der Waals surface area contributed by atoms with Crippen molar-refractivity contribution in [2.75, 3.05) is 5.43 Å². The maximum Gasteiger partial charge on any atom is 0.166 e. The zero-order valence-corrected chi connectivity index (χ0v) is 11.2. The molecule has 2 rings (SSSR count). The van der Waals surface area contributed by atoms with E-state index in [2.05, 4.69) is 20.5 Å². The number of rotatable bonds is 3. The van der Waals surface area contributed by atoms with E-state index in [9.17, 15) is 0 Å². The standard InChI is InChI=1S/C11H7Cl3N4/c12-8-5-9(13)11(17-10(8)14)18-16-6-7-3-1-2-4-15-7/h1-6H,(H,17,18)/b16-6-. The topological polar surface area (TPSA) is 50.2 Å². The van der Waals surface area contributed by atoms with E-state index < -0.39 is 0 Å². The van der Waals surface area contributed by atoms with Crippen LogP contribution in [0.4, 0.5) is 5.82 Å². The highest BCUT2D eigenvalue weighted by molar-refractivity contribution is 6.42. The molecule has 0 radical (unpaired) electrons. The van der Waals surface area contributed by atoms with Gasteiger partial charge < -0.3 is 0 Å². The Morgan fingerprint density at radius 1 is 1.17 bits per heavy atom. The second-order valence-electron chi connectivity index (χ2n) is 3.22. The molecule has 0 unspecified atom stereocenters. The fourth-order valence-corrected chi connectivity index (χ4v) is 1.67. The van der Waals surface area contributed by atoms with Crippen LogP contribution >= 0.6 is 34.8 Å². The zero-order valence-electron chi connectivity index (χ0n) is 8.94. The molecule has 0 fully saturated rings. The van der Waals surface area contributed by atoms with E-state index in [1.165, 1.54) is 6.07 Å². The summed E-state index contributed by atoms with van der Waals surface area (Å²) >= 11 is 17.5. The van der Waals surface area contributed by atoms with Crippen molar-refractivity contribution in [1.82, 2.24) is 9.97 Å². The van der Waals surface area contributed by atoms with Crippen LogP contribution in [-0.4, -0.2) is 16.2 Å². The van der Waals surface area contributed by atoms with Crippen LogP contribution in [0, 0.1) is 0 Å². The molecular formula is C11H7Cl3N4. The van der Waals surface area contributed by atoms with Crippen LogP contribution in [0.25, 0.3) is 0 Å². The van der Waals surface area contributed by atoms with E-state index in [1.807, 2.05) is 18.2 Å². The molecule has 2 aromatic rings. The minimum absolute atomic E-state index is 0.164. The van der Waals surface area contributed by atoms with Gasteiger partial charge in [-0.05, 0) is 18.2 Å². The summed E-state index contributed by atoms with van der Waals surface area (Å²) in [6.45, 7) is 0. The van der Waals surface area contributed by atoms with E-state index in [0.717, 1.165) is 0 Å². The normalized spacial score (nSPS) is 10.8. The Hall–Kier alpha value is -1.36. The Morgan fingerprint density at radius 2 is 2.00 bits per heavy atom. The number of anilines is 1. The Morgan fingerprint density at radius 3 is 2.72 bits per heavy atom. The van der Waals surface area contributed by atoms with Gasteiger partial charge in [-0.25, -0.2) is 4.98 Å². The Kier molecular flexibility index (Phi) is 4.36. The van der Waals surface area contributed by atoms with Gasteiger partial charge in [0.2, 0.25) is 0 Å². The highest BCUT2D eigenvalue weighted by Gasteiger charge is 2.06. The molecule has 0 saturated carbocycles. The third-order valence-electron chi connectivity index (χ3n) is 1.94. The summed E-state index contributed by atoms with van der Waals surface area (Å²) in [4.78, 5) is 8.03. The predicted molar refractivity (Wildman–Crippen MR) is 74.7 cm³/mol. The van der Waals surface area contributed by atoms with Crippen LogP contribution < -0.4 is 5.43 Å². The number of aromatic nitrogens is 2. The maximum absolute atomic E-state index is 5.93. The summed E-state index contributed by atoms with van der Waals surface area (Å²) in [6.07, 6.45) is 3.21. The van der Waals surface area contributed by atoms with Gasteiger partial charge in [-0.2, -0.15) is 5.10 Å². The first-order valence-corrected chi connectivity index (χ1v) is 6.02. The van der Waals surface area contributed by atoms with Gasteiger partial charge >= 0.3 is 0 Å². The monoisotopic (exact) mass is 300 g/mol. The van der Waals surface area contributed by atoms with Crippen molar-refractivity contribution in [3.63, 3.8) is 0 Å². The molecular weight excluding hydrogens is 295 g/mol. The van der Waals surface area contributed by atoms with E-state index in [4.69, 9.17) is 34.8 Å². The van der Waals surface area contributed by atoms with Crippen molar-refractivity contribution in [3.8, 4) is 0 Å². The summed E-state index contributed by atoms with van der Waals surface area (Å²) < 4.78 is 0. The van der Waals surface area contributed by atoms with Gasteiger partial charge in [-0.3, -0.25) is 10.4 Å². The number of hydrazone groups is 1. The second-order valence-corrected chi connectivity index (χ2v) is 4.39. The minimum atomic E-state index is 0.164. The summed E-state index contributed by atoms with van der Waals surface area (Å²) in [5.41, 5.74) is 3.38. The van der Waals surface area contributed by atoms with Crippen molar-refractivity contribution >= 4 is 46.8 Å². The van der Waals surface area contributed by atoms with Crippen LogP contribution in [-0.2, 0) is 0 Å². The average Bonchev–Trinajstić information content (AvgIpc) is 2.37. The third-order valence-corrected chi connectivity index (χ3v) is 2.90. The molecule has 0 saturated heterocycles. The fourth-order valence-electron chi connectivity index (χ4n) is 1.13. The summed E-state index contributed by atoms with van der Waals surface area (Å²) in [6, 6.07) is 6.99. The van der Waals surface area contributed by atoms with Gasteiger partial charge in [0.1, 0.15) is 5.15 Å². The van der Waals surface area contributed by atoms with Gasteiger partial charge in [0.25, 0.3) is 0 Å². The largest absolute Gasteiger partial charge is 0.260 e. The van der Waals surface area contributed by atoms with E-state index in [-0.39, 0.29) is 5.15 Å². The molecule has 92 valence electrons. The molecule has 0 aliphatic heterocycles. The second kappa shape index (κ2) is 6.00. The highest BCUT2D eigenvalue weighted by Crippen LogP contribution is 2.28. The zero-order chi connectivity index (χ0) is 13.0. The van der Waals surface area contributed by atoms with Gasteiger partial charge in [0.15, 0.2) is 5.82 Å². The number of hydrogen-bond acceptors (Lipinski definition) is 4. The number of nitrogens with zero attached hydrogens (tertiary/aromatic N) is 3. The first kappa shape index (κ1) is 13.1. The number of hydrogen-bond donors (Lipinski definition) is 1. The van der Waals surface area contributed by atoms with Crippen molar-refractivity contribution in [1.29, 1.82) is 0 Å². The number of pyridine rings is 2. The SMILES string of the molecule is Clc1cc(Cl)c(N/N=C\c2ccccn2)nc1Cl. The molecule has 0 aromatic carbocycles. The smallest absolute Gasteiger partial charge is 0.166 e. The fraction of sp³-hybridized carbons (Fsp3) is 0. The molecule has 7 heteroatoms. The molecule has 1 N–H and O–H groups in total. The first-order valence-electron chi connectivity index (χ1n) is 4.88. The van der Waals surface area contributed by atoms with Gasteiger partial charge in [-0.1, -0.05) is 40.9 Å². The van der Waals surface area contributed by atoms with Crippen LogP contribution in [0.1, 0.15) is 5.69 Å². The summed E-state index contributed by atoms with van der Waals surface area (Å²) in [5.74, 6) is 0.332. The number of halogens is 3. The maximum atomic E-state index is 5.93. The lowest BCUT2D eigenvalue weighted by Crippen LogP contribution is -1.96. The van der Waals surface area contributed by atoms with Crippen LogP contribution in [0.15, 0.2) is 35.6 Å². The van der Waals surface area contributed by atoms with Crippen LogP contribution in [0.2, 0.25) is 15.2 Å². The lowest BCUT2D eigenvalue weighted by atomic mass is 10.4. The average molecular weight is 302 g/mol. The van der Waals surface area contributed by atoms with Crippen molar-refractivity contribution in [2.45, 2.75) is 0 Å². The molecule has 0 aliphatic carbocycles. The Balaban J connectivity index is 2.11. The van der Waals surface area contributed by atoms with Gasteiger partial charge in [-0.15, -0.1) is 0 Å².